The van der Waals surface area contributed by atoms with Crippen LogP contribution in [-0.4, -0.2) is 29.6 Å². The largest absolute Gasteiger partial charge is 0.381 e. The smallest absolute Gasteiger partial charge is 0.271 e. The summed E-state index contributed by atoms with van der Waals surface area (Å²) in [6.07, 6.45) is 1.66. The van der Waals surface area contributed by atoms with E-state index in [4.69, 9.17) is 10.5 Å². The summed E-state index contributed by atoms with van der Waals surface area (Å²) in [5, 5.41) is 5.09. The second-order valence-corrected chi connectivity index (χ2v) is 5.09. The molecule has 5 nitrogen and oxygen atoms in total. The lowest BCUT2D eigenvalue weighted by Gasteiger charge is -2.34. The van der Waals surface area contributed by atoms with Crippen molar-refractivity contribution >= 4 is 22.4 Å². The number of nitrogens with one attached hydrogen (secondary N) is 1. The number of hydrogen-bond donors (Lipinski definition) is 2. The van der Waals surface area contributed by atoms with Crippen LogP contribution in [0.5, 0.6) is 0 Å². The van der Waals surface area contributed by atoms with Gasteiger partial charge in [0.25, 0.3) is 5.91 Å². The highest BCUT2D eigenvalue weighted by Crippen LogP contribution is 2.20. The van der Waals surface area contributed by atoms with E-state index in [1.165, 1.54) is 11.3 Å². The van der Waals surface area contributed by atoms with Crippen LogP contribution in [0.3, 0.4) is 0 Å². The molecule has 16 heavy (non-hydrogen) atoms. The molecule has 0 aliphatic carbocycles. The second kappa shape index (κ2) is 4.39. The van der Waals surface area contributed by atoms with Gasteiger partial charge in [-0.1, -0.05) is 0 Å². The van der Waals surface area contributed by atoms with Crippen molar-refractivity contribution in [1.29, 1.82) is 0 Å². The SMILES string of the molecule is CC1(NC(=O)c2csc(N)n2)CCOCC1. The molecule has 6 heteroatoms. The number of hydrogen-bond acceptors (Lipinski definition) is 5. The zero-order valence-electron chi connectivity index (χ0n) is 9.16. The van der Waals surface area contributed by atoms with E-state index in [-0.39, 0.29) is 11.4 Å². The fraction of sp³-hybridized carbons (Fsp3) is 0.600. The van der Waals surface area contributed by atoms with E-state index < -0.39 is 0 Å². The van der Waals surface area contributed by atoms with Crippen LogP contribution in [0.1, 0.15) is 30.3 Å². The topological polar surface area (TPSA) is 77.2 Å². The molecule has 0 spiro atoms. The van der Waals surface area contributed by atoms with Crippen molar-refractivity contribution in [2.45, 2.75) is 25.3 Å². The zero-order valence-corrected chi connectivity index (χ0v) is 9.97. The van der Waals surface area contributed by atoms with Gasteiger partial charge in [-0.3, -0.25) is 4.79 Å². The summed E-state index contributed by atoms with van der Waals surface area (Å²) in [4.78, 5) is 15.8. The zero-order chi connectivity index (χ0) is 11.6. The standard InChI is InChI=1S/C10H15N3O2S/c1-10(2-4-15-5-3-10)13-8(14)7-6-16-9(11)12-7/h6H,2-5H2,1H3,(H2,11,12)(H,13,14). The number of carbonyl (C=O) groups is 1. The van der Waals surface area contributed by atoms with Crippen molar-refractivity contribution in [3.05, 3.63) is 11.1 Å². The number of aromatic nitrogens is 1. The van der Waals surface area contributed by atoms with Crippen molar-refractivity contribution in [3.8, 4) is 0 Å². The fourth-order valence-electron chi connectivity index (χ4n) is 1.68. The van der Waals surface area contributed by atoms with Gasteiger partial charge in [0.1, 0.15) is 5.69 Å². The molecule has 0 aromatic carbocycles. The summed E-state index contributed by atoms with van der Waals surface area (Å²) in [5.41, 5.74) is 5.70. The van der Waals surface area contributed by atoms with Gasteiger partial charge in [-0.15, -0.1) is 11.3 Å². The number of ether oxygens (including phenoxy) is 1. The number of nitrogens with zero attached hydrogens (tertiary/aromatic N) is 1. The first-order valence-electron chi connectivity index (χ1n) is 5.20. The lowest BCUT2D eigenvalue weighted by molar-refractivity contribution is 0.0421. The summed E-state index contributed by atoms with van der Waals surface area (Å²) < 4.78 is 5.27. The van der Waals surface area contributed by atoms with Crippen LogP contribution < -0.4 is 11.1 Å². The van der Waals surface area contributed by atoms with Crippen molar-refractivity contribution in [2.24, 2.45) is 0 Å². The van der Waals surface area contributed by atoms with Crippen LogP contribution in [0.4, 0.5) is 5.13 Å². The fourth-order valence-corrected chi connectivity index (χ4v) is 2.22. The molecule has 0 atom stereocenters. The molecular formula is C10H15N3O2S. The number of carbonyl (C=O) groups excluding carboxylic acids is 1. The van der Waals surface area contributed by atoms with Crippen LogP contribution >= 0.6 is 11.3 Å². The first-order chi connectivity index (χ1) is 7.59. The van der Waals surface area contributed by atoms with E-state index in [0.29, 0.717) is 24.0 Å². The Kier molecular flexibility index (Phi) is 3.11. The first kappa shape index (κ1) is 11.3. The Balaban J connectivity index is 2.01. The minimum atomic E-state index is -0.187. The Morgan fingerprint density at radius 2 is 2.31 bits per heavy atom. The van der Waals surface area contributed by atoms with Crippen molar-refractivity contribution in [2.75, 3.05) is 18.9 Å². The molecule has 1 aromatic heterocycles. The van der Waals surface area contributed by atoms with Crippen LogP contribution in [0.2, 0.25) is 0 Å². The van der Waals surface area contributed by atoms with Crippen LogP contribution in [0.15, 0.2) is 5.38 Å². The van der Waals surface area contributed by atoms with E-state index in [1.54, 1.807) is 5.38 Å². The Labute approximate surface area is 98.0 Å². The predicted molar refractivity (Wildman–Crippen MR) is 62.5 cm³/mol. The second-order valence-electron chi connectivity index (χ2n) is 4.20. The molecule has 0 saturated carbocycles. The normalized spacial score (nSPS) is 19.3. The van der Waals surface area contributed by atoms with E-state index in [2.05, 4.69) is 10.3 Å². The number of amides is 1. The van der Waals surface area contributed by atoms with E-state index >= 15 is 0 Å². The molecular weight excluding hydrogens is 226 g/mol. The average Bonchev–Trinajstić information content (AvgIpc) is 2.65. The third-order valence-corrected chi connectivity index (χ3v) is 3.44. The third kappa shape index (κ3) is 2.51. The minimum Gasteiger partial charge on any atom is -0.381 e. The highest BCUT2D eigenvalue weighted by atomic mass is 32.1. The molecule has 1 aromatic rings. The van der Waals surface area contributed by atoms with E-state index in [9.17, 15) is 4.79 Å². The highest BCUT2D eigenvalue weighted by molar-refractivity contribution is 7.13. The summed E-state index contributed by atoms with van der Waals surface area (Å²) in [6, 6.07) is 0. The van der Waals surface area contributed by atoms with Crippen molar-refractivity contribution in [3.63, 3.8) is 0 Å². The average molecular weight is 241 g/mol. The quantitative estimate of drug-likeness (QED) is 0.810. The lowest BCUT2D eigenvalue weighted by atomic mass is 9.92. The maximum Gasteiger partial charge on any atom is 0.271 e. The van der Waals surface area contributed by atoms with E-state index in [1.807, 2.05) is 6.92 Å². The van der Waals surface area contributed by atoms with Crippen LogP contribution in [0, 0.1) is 0 Å². The maximum atomic E-state index is 11.9. The van der Waals surface area contributed by atoms with Crippen molar-refractivity contribution < 1.29 is 9.53 Å². The molecule has 0 unspecified atom stereocenters. The Morgan fingerprint density at radius 1 is 1.62 bits per heavy atom. The first-order valence-corrected chi connectivity index (χ1v) is 6.08. The van der Waals surface area contributed by atoms with Gasteiger partial charge >= 0.3 is 0 Å². The molecule has 3 N–H and O–H groups in total. The number of nitrogens with two attached hydrogens (primary N) is 1. The van der Waals surface area contributed by atoms with Crippen LogP contribution in [0.25, 0.3) is 0 Å². The van der Waals surface area contributed by atoms with Gasteiger partial charge in [0, 0.05) is 24.1 Å². The van der Waals surface area contributed by atoms with Gasteiger partial charge in [-0.25, -0.2) is 4.98 Å². The number of rotatable bonds is 2. The van der Waals surface area contributed by atoms with Crippen molar-refractivity contribution in [1.82, 2.24) is 10.3 Å². The lowest BCUT2D eigenvalue weighted by Crippen LogP contribution is -2.49. The molecule has 1 aliphatic heterocycles. The molecule has 0 bridgehead atoms. The van der Waals surface area contributed by atoms with Gasteiger partial charge in [-0.2, -0.15) is 0 Å². The Hall–Kier alpha value is -1.14. The summed E-state index contributed by atoms with van der Waals surface area (Å²) >= 11 is 1.27. The molecule has 0 radical (unpaired) electrons. The van der Waals surface area contributed by atoms with Gasteiger partial charge in [0.05, 0.1) is 0 Å². The molecule has 88 valence electrons. The van der Waals surface area contributed by atoms with Crippen LogP contribution in [-0.2, 0) is 4.74 Å². The molecule has 1 fully saturated rings. The number of nitrogen functional groups attached to an aromatic ring is 1. The third-order valence-electron chi connectivity index (χ3n) is 2.77. The predicted octanol–water partition coefficient (Wildman–Crippen LogP) is 1.02. The van der Waals surface area contributed by atoms with Gasteiger partial charge < -0.3 is 15.8 Å². The molecule has 2 heterocycles. The maximum absolute atomic E-state index is 11.9. The number of anilines is 1. The van der Waals surface area contributed by atoms with Gasteiger partial charge in [-0.05, 0) is 19.8 Å². The molecule has 1 amide bonds. The van der Waals surface area contributed by atoms with Gasteiger partial charge in [0.15, 0.2) is 5.13 Å². The molecule has 1 saturated heterocycles. The monoisotopic (exact) mass is 241 g/mol. The summed E-state index contributed by atoms with van der Waals surface area (Å²) in [6.45, 7) is 3.41. The minimum absolute atomic E-state index is 0.155. The summed E-state index contributed by atoms with van der Waals surface area (Å²) in [7, 11) is 0. The highest BCUT2D eigenvalue weighted by Gasteiger charge is 2.29. The summed E-state index contributed by atoms with van der Waals surface area (Å²) in [5.74, 6) is -0.155. The van der Waals surface area contributed by atoms with E-state index in [0.717, 1.165) is 12.8 Å². The Morgan fingerprint density at radius 3 is 2.88 bits per heavy atom. The molecule has 1 aliphatic rings. The molecule has 2 rings (SSSR count). The van der Waals surface area contributed by atoms with Gasteiger partial charge in [0.2, 0.25) is 0 Å². The Bertz CT molecular complexity index is 385. The number of thiazole rings is 1.